The zero-order chi connectivity index (χ0) is 11.0. The molecule has 0 saturated carbocycles. The SMILES string of the molecule is CC1=CCC(=O)Oc2n[nH]c(C(F)F)c21. The molecular weight excluding hydrogens is 206 g/mol. The summed E-state index contributed by atoms with van der Waals surface area (Å²) in [4.78, 5) is 11.1. The van der Waals surface area contributed by atoms with Crippen molar-refractivity contribution in [3.8, 4) is 5.88 Å². The van der Waals surface area contributed by atoms with E-state index < -0.39 is 12.4 Å². The van der Waals surface area contributed by atoms with E-state index in [0.29, 0.717) is 5.57 Å². The molecule has 1 N–H and O–H groups in total. The fraction of sp³-hybridized carbons (Fsp3) is 0.333. The molecule has 15 heavy (non-hydrogen) atoms. The van der Waals surface area contributed by atoms with Gasteiger partial charge in [-0.2, -0.15) is 0 Å². The fourth-order valence-corrected chi connectivity index (χ4v) is 1.44. The molecular formula is C9H8F2N2O2. The van der Waals surface area contributed by atoms with Crippen molar-refractivity contribution < 1.29 is 18.3 Å². The first kappa shape index (κ1) is 9.82. The van der Waals surface area contributed by atoms with Gasteiger partial charge in [-0.1, -0.05) is 6.08 Å². The molecule has 1 aliphatic heterocycles. The summed E-state index contributed by atoms with van der Waals surface area (Å²) in [7, 11) is 0. The van der Waals surface area contributed by atoms with Crippen molar-refractivity contribution in [3.05, 3.63) is 17.3 Å². The van der Waals surface area contributed by atoms with Gasteiger partial charge >= 0.3 is 5.97 Å². The van der Waals surface area contributed by atoms with Gasteiger partial charge in [-0.05, 0) is 12.5 Å². The highest BCUT2D eigenvalue weighted by Crippen LogP contribution is 2.34. The van der Waals surface area contributed by atoms with Gasteiger partial charge in [-0.15, -0.1) is 5.10 Å². The van der Waals surface area contributed by atoms with Crippen LogP contribution in [0.2, 0.25) is 0 Å². The second kappa shape index (κ2) is 3.45. The van der Waals surface area contributed by atoms with Crippen LogP contribution in [-0.2, 0) is 4.79 Å². The number of fused-ring (bicyclic) bond motifs is 1. The first-order chi connectivity index (χ1) is 7.09. The number of rotatable bonds is 1. The van der Waals surface area contributed by atoms with E-state index in [1.54, 1.807) is 13.0 Å². The van der Waals surface area contributed by atoms with Gasteiger partial charge in [0.1, 0.15) is 5.69 Å². The quantitative estimate of drug-likeness (QED) is 0.728. The van der Waals surface area contributed by atoms with Crippen molar-refractivity contribution >= 4 is 11.5 Å². The molecule has 0 bridgehead atoms. The van der Waals surface area contributed by atoms with Crippen LogP contribution in [0.25, 0.3) is 5.57 Å². The third-order valence-corrected chi connectivity index (χ3v) is 2.16. The minimum absolute atomic E-state index is 0.0680. The van der Waals surface area contributed by atoms with Crippen LogP contribution in [0.15, 0.2) is 6.08 Å². The maximum Gasteiger partial charge on any atom is 0.316 e. The monoisotopic (exact) mass is 214 g/mol. The number of esters is 1. The molecule has 0 aliphatic carbocycles. The van der Waals surface area contributed by atoms with E-state index in [-0.39, 0.29) is 23.6 Å². The first-order valence-corrected chi connectivity index (χ1v) is 4.34. The smallest absolute Gasteiger partial charge is 0.316 e. The Morgan fingerprint density at radius 3 is 3.00 bits per heavy atom. The van der Waals surface area contributed by atoms with E-state index in [4.69, 9.17) is 4.74 Å². The highest BCUT2D eigenvalue weighted by atomic mass is 19.3. The van der Waals surface area contributed by atoms with Crippen LogP contribution in [0.5, 0.6) is 5.88 Å². The van der Waals surface area contributed by atoms with Gasteiger partial charge in [-0.3, -0.25) is 9.89 Å². The molecule has 0 radical (unpaired) electrons. The zero-order valence-corrected chi connectivity index (χ0v) is 7.88. The van der Waals surface area contributed by atoms with Crippen LogP contribution in [0, 0.1) is 0 Å². The van der Waals surface area contributed by atoms with E-state index >= 15 is 0 Å². The van der Waals surface area contributed by atoms with Gasteiger partial charge in [0, 0.05) is 0 Å². The number of nitrogens with zero attached hydrogens (tertiary/aromatic N) is 1. The lowest BCUT2D eigenvalue weighted by Gasteiger charge is -2.01. The number of hydrogen-bond donors (Lipinski definition) is 1. The van der Waals surface area contributed by atoms with Gasteiger partial charge in [0.15, 0.2) is 0 Å². The summed E-state index contributed by atoms with van der Waals surface area (Å²) in [6.45, 7) is 1.64. The predicted molar refractivity (Wildman–Crippen MR) is 47.4 cm³/mol. The van der Waals surface area contributed by atoms with Gasteiger partial charge in [0.2, 0.25) is 5.88 Å². The van der Waals surface area contributed by atoms with E-state index in [2.05, 4.69) is 10.2 Å². The van der Waals surface area contributed by atoms with Gasteiger partial charge in [-0.25, -0.2) is 8.78 Å². The maximum atomic E-state index is 12.6. The summed E-state index contributed by atoms with van der Waals surface area (Å²) < 4.78 is 29.9. The minimum atomic E-state index is -2.67. The Labute approximate surface area is 83.9 Å². The third-order valence-electron chi connectivity index (χ3n) is 2.16. The number of halogens is 2. The highest BCUT2D eigenvalue weighted by Gasteiger charge is 2.25. The lowest BCUT2D eigenvalue weighted by atomic mass is 10.1. The molecule has 0 saturated heterocycles. The fourth-order valence-electron chi connectivity index (χ4n) is 1.44. The summed E-state index contributed by atoms with van der Waals surface area (Å²) in [5.74, 6) is -0.568. The molecule has 1 aromatic heterocycles. The van der Waals surface area contributed by atoms with E-state index in [9.17, 15) is 13.6 Å². The summed E-state index contributed by atoms with van der Waals surface area (Å²) >= 11 is 0. The molecule has 0 atom stereocenters. The van der Waals surface area contributed by atoms with E-state index in [0.717, 1.165) is 0 Å². The van der Waals surface area contributed by atoms with Gasteiger partial charge in [0.25, 0.3) is 6.43 Å². The molecule has 0 fully saturated rings. The average molecular weight is 214 g/mol. The normalized spacial score (nSPS) is 15.7. The Bertz CT molecular complexity index is 437. The number of hydrogen-bond acceptors (Lipinski definition) is 3. The van der Waals surface area contributed by atoms with Crippen LogP contribution in [0.3, 0.4) is 0 Å². The molecule has 1 aliphatic rings. The number of carbonyl (C=O) groups excluding carboxylic acids is 1. The molecule has 0 spiro atoms. The topological polar surface area (TPSA) is 55.0 Å². The molecule has 80 valence electrons. The first-order valence-electron chi connectivity index (χ1n) is 4.34. The minimum Gasteiger partial charge on any atom is -0.405 e. The van der Waals surface area contributed by atoms with Gasteiger partial charge < -0.3 is 4.74 Å². The number of allylic oxidation sites excluding steroid dienone is 1. The summed E-state index contributed by atoms with van der Waals surface area (Å²) in [6.07, 6.45) is -1.04. The van der Waals surface area contributed by atoms with Crippen LogP contribution >= 0.6 is 0 Å². The van der Waals surface area contributed by atoms with Crippen molar-refractivity contribution in [2.45, 2.75) is 19.8 Å². The maximum absolute atomic E-state index is 12.6. The van der Waals surface area contributed by atoms with Crippen molar-refractivity contribution in [2.75, 3.05) is 0 Å². The Morgan fingerprint density at radius 1 is 1.60 bits per heavy atom. The Balaban J connectivity index is 2.55. The Hall–Kier alpha value is -1.72. The van der Waals surface area contributed by atoms with Crippen molar-refractivity contribution in [3.63, 3.8) is 0 Å². The second-order valence-electron chi connectivity index (χ2n) is 3.18. The molecule has 2 rings (SSSR count). The lowest BCUT2D eigenvalue weighted by Crippen LogP contribution is -2.05. The molecule has 0 aromatic carbocycles. The molecule has 4 nitrogen and oxygen atoms in total. The number of aromatic nitrogens is 2. The van der Waals surface area contributed by atoms with Crippen molar-refractivity contribution in [2.24, 2.45) is 0 Å². The summed E-state index contributed by atoms with van der Waals surface area (Å²) in [6, 6.07) is 0. The number of ether oxygens (including phenoxy) is 1. The second-order valence-corrected chi connectivity index (χ2v) is 3.18. The van der Waals surface area contributed by atoms with Crippen LogP contribution in [0.1, 0.15) is 31.0 Å². The molecule has 0 unspecified atom stereocenters. The Kier molecular flexibility index (Phi) is 2.26. The molecule has 6 heteroatoms. The number of H-pyrrole nitrogens is 1. The van der Waals surface area contributed by atoms with Crippen molar-refractivity contribution in [1.82, 2.24) is 10.2 Å². The average Bonchev–Trinajstić information content (AvgIpc) is 2.52. The van der Waals surface area contributed by atoms with E-state index in [1.165, 1.54) is 0 Å². The van der Waals surface area contributed by atoms with Crippen LogP contribution < -0.4 is 4.74 Å². The number of nitrogens with one attached hydrogen (secondary N) is 1. The largest absolute Gasteiger partial charge is 0.405 e. The van der Waals surface area contributed by atoms with Crippen molar-refractivity contribution in [1.29, 1.82) is 0 Å². The molecule has 0 amide bonds. The van der Waals surface area contributed by atoms with Crippen LogP contribution in [-0.4, -0.2) is 16.2 Å². The Morgan fingerprint density at radius 2 is 2.33 bits per heavy atom. The highest BCUT2D eigenvalue weighted by molar-refractivity contribution is 5.82. The summed E-state index contributed by atoms with van der Waals surface area (Å²) in [5, 5.41) is 5.73. The molecule has 1 aromatic rings. The third kappa shape index (κ3) is 1.62. The van der Waals surface area contributed by atoms with E-state index in [1.807, 2.05) is 0 Å². The predicted octanol–water partition coefficient (Wildman–Crippen LogP) is 2.06. The van der Waals surface area contributed by atoms with Crippen LogP contribution in [0.4, 0.5) is 8.78 Å². The van der Waals surface area contributed by atoms with Gasteiger partial charge in [0.05, 0.1) is 12.0 Å². The zero-order valence-electron chi connectivity index (χ0n) is 7.88. The standard InChI is InChI=1S/C9H8F2N2O2/c1-4-2-3-5(14)15-9-6(4)7(8(10)11)12-13-9/h2,8H,3H2,1H3,(H,12,13). The lowest BCUT2D eigenvalue weighted by molar-refractivity contribution is -0.133. The number of alkyl halides is 2. The number of carbonyl (C=O) groups is 1. The molecule has 2 heterocycles. The number of aromatic amines is 1. The summed E-state index contributed by atoms with van der Waals surface area (Å²) in [5.41, 5.74) is 0.448.